The van der Waals surface area contributed by atoms with Crippen molar-refractivity contribution in [3.8, 4) is 0 Å². The molecular weight excluding hydrogens is 264 g/mol. The summed E-state index contributed by atoms with van der Waals surface area (Å²) < 4.78 is 5.27. The molecule has 1 aliphatic heterocycles. The molecule has 1 saturated heterocycles. The molecule has 2 rings (SSSR count). The fraction of sp³-hybridized carbons (Fsp3) is 0.588. The molecule has 0 spiro atoms. The highest BCUT2D eigenvalue weighted by Crippen LogP contribution is 2.20. The Kier molecular flexibility index (Phi) is 4.88. The Morgan fingerprint density at radius 2 is 2.19 bits per heavy atom. The van der Waals surface area contributed by atoms with Crippen LogP contribution in [0.4, 0.5) is 10.5 Å². The second-order valence-electron chi connectivity index (χ2n) is 6.77. The van der Waals surface area contributed by atoms with E-state index < -0.39 is 11.7 Å². The molecule has 1 heterocycles. The average molecular weight is 290 g/mol. The summed E-state index contributed by atoms with van der Waals surface area (Å²) in [5, 5.41) is 6.32. The SMILES string of the molecule is Cc1cc(CC2CCCN2)ccc1NC(=O)OC(C)(C)C. The van der Waals surface area contributed by atoms with Gasteiger partial charge < -0.3 is 10.1 Å². The van der Waals surface area contributed by atoms with Gasteiger partial charge >= 0.3 is 6.09 Å². The molecule has 1 amide bonds. The number of hydrogen-bond acceptors (Lipinski definition) is 3. The molecule has 0 bridgehead atoms. The summed E-state index contributed by atoms with van der Waals surface area (Å²) in [7, 11) is 0. The zero-order valence-electron chi connectivity index (χ0n) is 13.5. The number of carbonyl (C=O) groups is 1. The van der Waals surface area contributed by atoms with Crippen molar-refractivity contribution in [2.45, 2.75) is 58.6 Å². The van der Waals surface area contributed by atoms with Gasteiger partial charge in [0, 0.05) is 11.7 Å². The highest BCUT2D eigenvalue weighted by Gasteiger charge is 2.17. The van der Waals surface area contributed by atoms with Crippen LogP contribution in [-0.4, -0.2) is 24.3 Å². The molecule has 1 aromatic rings. The molecule has 0 aromatic heterocycles. The zero-order valence-corrected chi connectivity index (χ0v) is 13.5. The van der Waals surface area contributed by atoms with Crippen LogP contribution >= 0.6 is 0 Å². The average Bonchev–Trinajstić information content (AvgIpc) is 2.83. The molecule has 1 atom stereocenters. The van der Waals surface area contributed by atoms with E-state index in [-0.39, 0.29) is 0 Å². The summed E-state index contributed by atoms with van der Waals surface area (Å²) in [5.74, 6) is 0. The van der Waals surface area contributed by atoms with Crippen LogP contribution in [0.3, 0.4) is 0 Å². The number of aryl methyl sites for hydroxylation is 1. The number of benzene rings is 1. The third-order valence-corrected chi connectivity index (χ3v) is 3.57. The fourth-order valence-corrected chi connectivity index (χ4v) is 2.62. The van der Waals surface area contributed by atoms with Gasteiger partial charge in [0.25, 0.3) is 0 Å². The lowest BCUT2D eigenvalue weighted by Gasteiger charge is -2.20. The minimum Gasteiger partial charge on any atom is -0.444 e. The molecule has 1 fully saturated rings. The number of amides is 1. The summed E-state index contributed by atoms with van der Waals surface area (Å²) in [6.45, 7) is 8.71. The lowest BCUT2D eigenvalue weighted by molar-refractivity contribution is 0.0636. The van der Waals surface area contributed by atoms with Crippen molar-refractivity contribution in [3.63, 3.8) is 0 Å². The minimum absolute atomic E-state index is 0.407. The van der Waals surface area contributed by atoms with Crippen LogP contribution in [0.5, 0.6) is 0 Å². The van der Waals surface area contributed by atoms with E-state index in [2.05, 4.69) is 22.8 Å². The molecule has 0 radical (unpaired) electrons. The van der Waals surface area contributed by atoms with Crippen molar-refractivity contribution in [1.82, 2.24) is 5.32 Å². The van der Waals surface area contributed by atoms with Crippen molar-refractivity contribution in [2.24, 2.45) is 0 Å². The van der Waals surface area contributed by atoms with Crippen LogP contribution < -0.4 is 10.6 Å². The van der Waals surface area contributed by atoms with E-state index in [9.17, 15) is 4.79 Å². The highest BCUT2D eigenvalue weighted by atomic mass is 16.6. The Morgan fingerprint density at radius 1 is 1.43 bits per heavy atom. The summed E-state index contributed by atoms with van der Waals surface area (Å²) in [5.41, 5.74) is 2.71. The Balaban J connectivity index is 1.96. The first-order chi connectivity index (χ1) is 9.83. The first-order valence-electron chi connectivity index (χ1n) is 7.66. The molecule has 116 valence electrons. The number of nitrogens with one attached hydrogen (secondary N) is 2. The van der Waals surface area contributed by atoms with Gasteiger partial charge in [0.1, 0.15) is 5.60 Å². The van der Waals surface area contributed by atoms with E-state index >= 15 is 0 Å². The van der Waals surface area contributed by atoms with E-state index in [4.69, 9.17) is 4.74 Å². The van der Waals surface area contributed by atoms with Crippen molar-refractivity contribution in [1.29, 1.82) is 0 Å². The summed E-state index contributed by atoms with van der Waals surface area (Å²) in [6.07, 6.45) is 3.16. The monoisotopic (exact) mass is 290 g/mol. The summed E-state index contributed by atoms with van der Waals surface area (Å²) in [4.78, 5) is 11.8. The number of anilines is 1. The topological polar surface area (TPSA) is 50.4 Å². The number of carbonyl (C=O) groups excluding carboxylic acids is 1. The smallest absolute Gasteiger partial charge is 0.412 e. The summed E-state index contributed by atoms with van der Waals surface area (Å²) >= 11 is 0. The quantitative estimate of drug-likeness (QED) is 0.893. The first kappa shape index (κ1) is 15.8. The third kappa shape index (κ3) is 5.05. The first-order valence-corrected chi connectivity index (χ1v) is 7.66. The van der Waals surface area contributed by atoms with Crippen LogP contribution in [0.25, 0.3) is 0 Å². The molecule has 0 aliphatic carbocycles. The maximum atomic E-state index is 11.8. The number of ether oxygens (including phenoxy) is 1. The van der Waals surface area contributed by atoms with E-state index in [0.29, 0.717) is 6.04 Å². The van der Waals surface area contributed by atoms with Crippen molar-refractivity contribution in [3.05, 3.63) is 29.3 Å². The molecule has 4 nitrogen and oxygen atoms in total. The van der Waals surface area contributed by atoms with Gasteiger partial charge in [-0.2, -0.15) is 0 Å². The van der Waals surface area contributed by atoms with E-state index in [1.807, 2.05) is 33.8 Å². The van der Waals surface area contributed by atoms with Crippen LogP contribution in [0.1, 0.15) is 44.7 Å². The van der Waals surface area contributed by atoms with Crippen LogP contribution in [0, 0.1) is 6.92 Å². The van der Waals surface area contributed by atoms with Crippen molar-refractivity contribution in [2.75, 3.05) is 11.9 Å². The largest absolute Gasteiger partial charge is 0.444 e. The molecule has 21 heavy (non-hydrogen) atoms. The normalized spacial score (nSPS) is 18.6. The van der Waals surface area contributed by atoms with Crippen LogP contribution in [-0.2, 0) is 11.2 Å². The fourth-order valence-electron chi connectivity index (χ4n) is 2.62. The van der Waals surface area contributed by atoms with Gasteiger partial charge in [0.2, 0.25) is 0 Å². The second kappa shape index (κ2) is 6.48. The molecule has 1 unspecified atom stereocenters. The Bertz CT molecular complexity index is 500. The van der Waals surface area contributed by atoms with E-state index in [1.165, 1.54) is 18.4 Å². The van der Waals surface area contributed by atoms with Crippen molar-refractivity contribution < 1.29 is 9.53 Å². The van der Waals surface area contributed by atoms with Gasteiger partial charge in [0.05, 0.1) is 0 Å². The third-order valence-electron chi connectivity index (χ3n) is 3.57. The van der Waals surface area contributed by atoms with Gasteiger partial charge in [-0.1, -0.05) is 12.1 Å². The highest BCUT2D eigenvalue weighted by molar-refractivity contribution is 5.85. The maximum absolute atomic E-state index is 11.8. The van der Waals surface area contributed by atoms with Gasteiger partial charge in [-0.15, -0.1) is 0 Å². The Morgan fingerprint density at radius 3 is 2.76 bits per heavy atom. The number of rotatable bonds is 3. The summed E-state index contributed by atoms with van der Waals surface area (Å²) in [6, 6.07) is 6.78. The molecule has 2 N–H and O–H groups in total. The predicted molar refractivity (Wildman–Crippen MR) is 85.8 cm³/mol. The molecule has 4 heteroatoms. The second-order valence-corrected chi connectivity index (χ2v) is 6.77. The van der Waals surface area contributed by atoms with Crippen molar-refractivity contribution >= 4 is 11.8 Å². The Labute approximate surface area is 127 Å². The molecular formula is C17H26N2O2. The van der Waals surface area contributed by atoms with Crippen LogP contribution in [0.15, 0.2) is 18.2 Å². The minimum atomic E-state index is -0.480. The van der Waals surface area contributed by atoms with Gasteiger partial charge in [-0.25, -0.2) is 4.79 Å². The van der Waals surface area contributed by atoms with Gasteiger partial charge in [-0.3, -0.25) is 5.32 Å². The lowest BCUT2D eigenvalue weighted by atomic mass is 10.0. The Hall–Kier alpha value is -1.55. The molecule has 1 aliphatic rings. The molecule has 1 aromatic carbocycles. The van der Waals surface area contributed by atoms with E-state index in [1.54, 1.807) is 0 Å². The van der Waals surface area contributed by atoms with Gasteiger partial charge in [0.15, 0.2) is 0 Å². The maximum Gasteiger partial charge on any atom is 0.412 e. The molecule has 0 saturated carbocycles. The predicted octanol–water partition coefficient (Wildman–Crippen LogP) is 3.64. The van der Waals surface area contributed by atoms with Gasteiger partial charge in [-0.05, 0) is 70.7 Å². The standard InChI is InChI=1S/C17H26N2O2/c1-12-10-13(11-14-6-5-9-18-14)7-8-15(12)19-16(20)21-17(2,3)4/h7-8,10,14,18H,5-6,9,11H2,1-4H3,(H,19,20). The van der Waals surface area contributed by atoms with E-state index in [0.717, 1.165) is 24.2 Å². The zero-order chi connectivity index (χ0) is 15.5. The number of hydrogen-bond donors (Lipinski definition) is 2. The van der Waals surface area contributed by atoms with Crippen LogP contribution in [0.2, 0.25) is 0 Å². The lowest BCUT2D eigenvalue weighted by Crippen LogP contribution is -2.27.